The van der Waals surface area contributed by atoms with Gasteiger partial charge in [-0.25, -0.2) is 18.7 Å². The summed E-state index contributed by atoms with van der Waals surface area (Å²) in [7, 11) is -3.84. The summed E-state index contributed by atoms with van der Waals surface area (Å²) in [5.74, 6) is 10.2. The van der Waals surface area contributed by atoms with Crippen molar-refractivity contribution in [3.05, 3.63) is 23.5 Å². The lowest BCUT2D eigenvalue weighted by Gasteiger charge is -2.27. The maximum absolute atomic E-state index is 12.6. The summed E-state index contributed by atoms with van der Waals surface area (Å²) in [5, 5.41) is 27.3. The number of amides is 2. The van der Waals surface area contributed by atoms with Crippen LogP contribution in [0.15, 0.2) is 12.3 Å². The Labute approximate surface area is 186 Å². The molecule has 0 saturated heterocycles. The first-order valence-corrected chi connectivity index (χ1v) is 11.9. The number of aliphatic hydroxyl groups is 2. The molecule has 1 aromatic heterocycles. The van der Waals surface area contributed by atoms with Crippen molar-refractivity contribution < 1.29 is 33.4 Å². The van der Waals surface area contributed by atoms with Crippen LogP contribution in [-0.4, -0.2) is 75.5 Å². The molecule has 3 rings (SSSR count). The number of rotatable bonds is 7. The number of nitrogens with zero attached hydrogens (tertiary/aromatic N) is 2. The lowest BCUT2D eigenvalue weighted by atomic mass is 10.1. The summed E-state index contributed by atoms with van der Waals surface area (Å²) in [6, 6.07) is 1.37. The summed E-state index contributed by atoms with van der Waals surface area (Å²) in [6.07, 6.45) is 2.28. The highest BCUT2D eigenvalue weighted by molar-refractivity contribution is 7.92. The van der Waals surface area contributed by atoms with Gasteiger partial charge in [-0.15, -0.1) is 0 Å². The second kappa shape index (κ2) is 8.96. The molecule has 0 radical (unpaired) electrons. The summed E-state index contributed by atoms with van der Waals surface area (Å²) in [4.78, 5) is 26.0. The summed E-state index contributed by atoms with van der Waals surface area (Å²) in [6.45, 7) is 1.16. The van der Waals surface area contributed by atoms with E-state index in [1.165, 1.54) is 21.9 Å². The molecule has 4 atom stereocenters. The molecule has 0 spiro atoms. The summed E-state index contributed by atoms with van der Waals surface area (Å²) in [5.41, 5.74) is 2.66. The lowest BCUT2D eigenvalue weighted by Crippen LogP contribution is -2.50. The van der Waals surface area contributed by atoms with Gasteiger partial charge in [0.05, 0.1) is 19.3 Å². The van der Waals surface area contributed by atoms with E-state index < -0.39 is 26.6 Å². The number of hydrogen-bond acceptors (Lipinski definition) is 7. The summed E-state index contributed by atoms with van der Waals surface area (Å²) >= 11 is 0. The molecule has 4 N–H and O–H groups in total. The van der Waals surface area contributed by atoms with Gasteiger partial charge in [0.2, 0.25) is 0 Å². The Morgan fingerprint density at radius 1 is 1.41 bits per heavy atom. The predicted molar refractivity (Wildman–Crippen MR) is 113 cm³/mol. The number of hydroxylamine groups is 1. The molecule has 2 unspecified atom stereocenters. The fourth-order valence-electron chi connectivity index (χ4n) is 3.57. The Morgan fingerprint density at radius 3 is 2.72 bits per heavy atom. The van der Waals surface area contributed by atoms with E-state index in [1.54, 1.807) is 12.3 Å². The van der Waals surface area contributed by atoms with Crippen molar-refractivity contribution in [2.45, 2.75) is 37.2 Å². The third-order valence-corrected chi connectivity index (χ3v) is 8.06. The van der Waals surface area contributed by atoms with Crippen LogP contribution < -0.4 is 5.48 Å². The van der Waals surface area contributed by atoms with Crippen molar-refractivity contribution in [1.29, 1.82) is 0 Å². The molecule has 11 heteroatoms. The van der Waals surface area contributed by atoms with E-state index in [1.807, 2.05) is 0 Å². The highest BCUT2D eigenvalue weighted by Crippen LogP contribution is 2.40. The van der Waals surface area contributed by atoms with Gasteiger partial charge in [-0.1, -0.05) is 11.8 Å². The van der Waals surface area contributed by atoms with Gasteiger partial charge in [0.15, 0.2) is 14.6 Å². The molecule has 2 heterocycles. The number of sulfone groups is 1. The van der Waals surface area contributed by atoms with E-state index in [4.69, 9.17) is 10.3 Å². The third kappa shape index (κ3) is 4.66. The van der Waals surface area contributed by atoms with Gasteiger partial charge in [-0.3, -0.25) is 14.6 Å². The molecular weight excluding hydrogens is 438 g/mol. The van der Waals surface area contributed by atoms with Crippen molar-refractivity contribution in [1.82, 2.24) is 14.9 Å². The zero-order valence-corrected chi connectivity index (χ0v) is 18.5. The van der Waals surface area contributed by atoms with Crippen molar-refractivity contribution >= 4 is 21.8 Å². The first-order valence-electron chi connectivity index (χ1n) is 9.97. The first kappa shape index (κ1) is 23.8. The number of fused-ring (bicyclic) bond motifs is 1. The van der Waals surface area contributed by atoms with E-state index in [2.05, 4.69) is 23.7 Å². The minimum Gasteiger partial charge on any atom is -0.394 e. The van der Waals surface area contributed by atoms with Crippen molar-refractivity contribution in [2.75, 3.05) is 19.4 Å². The zero-order valence-electron chi connectivity index (χ0n) is 17.7. The van der Waals surface area contributed by atoms with Gasteiger partial charge in [0.1, 0.15) is 0 Å². The van der Waals surface area contributed by atoms with E-state index >= 15 is 0 Å². The first-order chi connectivity index (χ1) is 15.0. The minimum atomic E-state index is -3.84. The highest BCUT2D eigenvalue weighted by atomic mass is 32.2. The second-order valence-electron chi connectivity index (χ2n) is 8.26. The Balaban J connectivity index is 1.61. The Morgan fingerprint density at radius 2 is 2.12 bits per heavy atom. The predicted octanol–water partition coefficient (Wildman–Crippen LogP) is -0.685. The number of aliphatic hydroxyl groups excluding tert-OH is 2. The molecule has 0 aromatic carbocycles. The van der Waals surface area contributed by atoms with Crippen molar-refractivity contribution in [3.63, 3.8) is 0 Å². The molecule has 0 bridgehead atoms. The summed E-state index contributed by atoms with van der Waals surface area (Å²) < 4.78 is 23.7. The molecule has 1 aromatic rings. The van der Waals surface area contributed by atoms with Crippen LogP contribution in [-0.2, 0) is 21.2 Å². The molecular formula is C21H25N3O7S. The van der Waals surface area contributed by atoms with Gasteiger partial charge in [0.25, 0.3) is 5.91 Å². The van der Waals surface area contributed by atoms with E-state index in [0.717, 1.165) is 12.7 Å². The average Bonchev–Trinajstić information content (AvgIpc) is 3.32. The van der Waals surface area contributed by atoms with Crippen LogP contribution in [0.1, 0.15) is 31.0 Å². The van der Waals surface area contributed by atoms with Crippen molar-refractivity contribution in [2.24, 2.45) is 11.8 Å². The maximum Gasteiger partial charge on any atom is 0.328 e. The minimum absolute atomic E-state index is 0.00619. The van der Waals surface area contributed by atoms with Gasteiger partial charge in [-0.2, -0.15) is 0 Å². The molecule has 172 valence electrons. The molecule has 1 aliphatic heterocycles. The van der Waals surface area contributed by atoms with Crippen LogP contribution in [0, 0.1) is 35.5 Å². The zero-order chi connectivity index (χ0) is 23.7. The quantitative estimate of drug-likeness (QED) is 0.238. The second-order valence-corrected chi connectivity index (χ2v) is 10.7. The molecule has 10 nitrogen and oxygen atoms in total. The largest absolute Gasteiger partial charge is 0.394 e. The Kier molecular flexibility index (Phi) is 6.67. The molecule has 1 saturated carbocycles. The number of aromatic nitrogens is 1. The highest BCUT2D eigenvalue weighted by Gasteiger charge is 2.44. The van der Waals surface area contributed by atoms with E-state index in [-0.39, 0.29) is 44.0 Å². The standard InChI is InChI=1S/C21H25N3O7S/c1-21(19(27)22-29,32(2,30)31)7-8-23-12-16-9-14(11-24(16)20(23)28)5-3-4-6-15-10-17(15)18(26)13-25/h9,11,15,17-18,25-26,29H,7-8,10,12-13H2,1-2H3,(H,22,27)/t15-,17-,18?,21?/m0/s1. The lowest BCUT2D eigenvalue weighted by molar-refractivity contribution is -0.131. The Hall–Kier alpha value is -2.83. The molecule has 2 amide bonds. The topological polar surface area (TPSA) is 149 Å². The van der Waals surface area contributed by atoms with Gasteiger partial charge in [0, 0.05) is 42.1 Å². The molecule has 2 aliphatic rings. The number of carbonyl (C=O) groups excluding carboxylic acids is 2. The average molecular weight is 464 g/mol. The third-order valence-electron chi connectivity index (χ3n) is 6.04. The van der Waals surface area contributed by atoms with Crippen molar-refractivity contribution in [3.8, 4) is 23.7 Å². The van der Waals surface area contributed by atoms with Crippen LogP contribution in [0.5, 0.6) is 0 Å². The SMILES string of the molecule is CC(CCN1Cc2cc(C#CC#C[C@H]3C[C@@H]3C(O)CO)cn2C1=O)(C(=O)NO)S(C)(=O)=O. The fourth-order valence-corrected chi connectivity index (χ4v) is 4.42. The van der Waals surface area contributed by atoms with E-state index in [0.29, 0.717) is 11.3 Å². The van der Waals surface area contributed by atoms with E-state index in [9.17, 15) is 23.1 Å². The molecule has 1 fully saturated rings. The van der Waals surface area contributed by atoms with Gasteiger partial charge >= 0.3 is 6.03 Å². The Bertz CT molecular complexity index is 1150. The number of hydrogen-bond donors (Lipinski definition) is 4. The number of nitrogens with one attached hydrogen (secondary N) is 1. The molecule has 1 aliphatic carbocycles. The van der Waals surface area contributed by atoms with Crippen LogP contribution in [0.2, 0.25) is 0 Å². The smallest absolute Gasteiger partial charge is 0.328 e. The van der Waals surface area contributed by atoms with Crippen LogP contribution in [0.3, 0.4) is 0 Å². The van der Waals surface area contributed by atoms with Gasteiger partial charge in [-0.05, 0) is 37.7 Å². The van der Waals surface area contributed by atoms with Crippen LogP contribution in [0.25, 0.3) is 0 Å². The monoisotopic (exact) mass is 463 g/mol. The number of carbonyl (C=O) groups is 2. The maximum atomic E-state index is 12.6. The molecule has 32 heavy (non-hydrogen) atoms. The van der Waals surface area contributed by atoms with Crippen LogP contribution in [0.4, 0.5) is 4.79 Å². The fraction of sp³-hybridized carbons (Fsp3) is 0.524. The van der Waals surface area contributed by atoms with Gasteiger partial charge < -0.3 is 15.1 Å². The van der Waals surface area contributed by atoms with Crippen LogP contribution >= 0.6 is 0 Å². The normalized spacial score (nSPS) is 22.0.